The van der Waals surface area contributed by atoms with Crippen LogP contribution in [0.2, 0.25) is 0 Å². The number of hydrogen-bond donors (Lipinski definition) is 1. The zero-order valence-corrected chi connectivity index (χ0v) is 12.1. The summed E-state index contributed by atoms with van der Waals surface area (Å²) in [7, 11) is 0. The number of nitrogens with zero attached hydrogens (tertiary/aromatic N) is 1. The molecule has 3 rings (SSSR count). The zero-order valence-electron chi connectivity index (χ0n) is 12.1. The highest BCUT2D eigenvalue weighted by Gasteiger charge is 2.22. The molecule has 1 N–H and O–H groups in total. The van der Waals surface area contributed by atoms with E-state index in [1.807, 2.05) is 30.3 Å². The summed E-state index contributed by atoms with van der Waals surface area (Å²) in [5.41, 5.74) is 0.570. The van der Waals surface area contributed by atoms with E-state index in [9.17, 15) is 13.6 Å². The summed E-state index contributed by atoms with van der Waals surface area (Å²) in [5.74, 6) is -1.74. The van der Waals surface area contributed by atoms with Crippen LogP contribution in [0.25, 0.3) is 0 Å². The quantitative estimate of drug-likeness (QED) is 0.776. The molecule has 0 aliphatic rings. The standard InChI is InChI=1S/C18H14F2N2O/c19-14-8-9-15(20)16(12-14)21-18(23)17(22-10-4-5-11-22)13-6-2-1-3-7-13/h1-12,17H,(H,21,23)/t17-/m0/s1. The van der Waals surface area contributed by atoms with Crippen molar-refractivity contribution in [2.75, 3.05) is 5.32 Å². The Morgan fingerprint density at radius 1 is 0.957 bits per heavy atom. The second kappa shape index (κ2) is 6.44. The van der Waals surface area contributed by atoms with Crippen molar-refractivity contribution in [3.05, 3.63) is 90.3 Å². The first kappa shape index (κ1) is 15.0. The Hall–Kier alpha value is -2.95. The third-order valence-corrected chi connectivity index (χ3v) is 3.48. The minimum atomic E-state index is -0.681. The first-order valence-corrected chi connectivity index (χ1v) is 7.08. The minimum absolute atomic E-state index is 0.178. The number of hydrogen-bond acceptors (Lipinski definition) is 1. The van der Waals surface area contributed by atoms with Gasteiger partial charge in [-0.3, -0.25) is 4.79 Å². The largest absolute Gasteiger partial charge is 0.338 e. The van der Waals surface area contributed by atoms with Gasteiger partial charge in [-0.2, -0.15) is 0 Å². The molecular weight excluding hydrogens is 298 g/mol. The van der Waals surface area contributed by atoms with E-state index in [2.05, 4.69) is 5.32 Å². The maximum atomic E-state index is 13.8. The van der Waals surface area contributed by atoms with Gasteiger partial charge in [0, 0.05) is 18.5 Å². The van der Waals surface area contributed by atoms with Gasteiger partial charge in [-0.05, 0) is 29.8 Å². The SMILES string of the molecule is O=C(Nc1cc(F)ccc1F)[C@H](c1ccccc1)n1cccc1. The molecule has 0 radical (unpaired) electrons. The normalized spacial score (nSPS) is 11.9. The molecule has 1 heterocycles. The fourth-order valence-electron chi connectivity index (χ4n) is 2.41. The number of benzene rings is 2. The summed E-state index contributed by atoms with van der Waals surface area (Å²) < 4.78 is 28.7. The molecule has 0 aliphatic carbocycles. The maximum Gasteiger partial charge on any atom is 0.252 e. The number of amides is 1. The maximum absolute atomic E-state index is 13.8. The molecule has 0 fully saturated rings. The highest BCUT2D eigenvalue weighted by Crippen LogP contribution is 2.22. The van der Waals surface area contributed by atoms with Crippen LogP contribution >= 0.6 is 0 Å². The monoisotopic (exact) mass is 312 g/mol. The van der Waals surface area contributed by atoms with Crippen LogP contribution in [-0.4, -0.2) is 10.5 Å². The highest BCUT2D eigenvalue weighted by atomic mass is 19.1. The summed E-state index contributed by atoms with van der Waals surface area (Å²) in [5, 5.41) is 2.46. The zero-order chi connectivity index (χ0) is 16.2. The van der Waals surface area contributed by atoms with E-state index in [-0.39, 0.29) is 5.69 Å². The van der Waals surface area contributed by atoms with Crippen LogP contribution in [0.3, 0.4) is 0 Å². The average molecular weight is 312 g/mol. The third kappa shape index (κ3) is 3.29. The lowest BCUT2D eigenvalue weighted by molar-refractivity contribution is -0.118. The summed E-state index contributed by atoms with van der Waals surface area (Å²) in [6.45, 7) is 0. The Balaban J connectivity index is 1.94. The Bertz CT molecular complexity index is 801. The molecule has 5 heteroatoms. The van der Waals surface area contributed by atoms with Gasteiger partial charge in [0.1, 0.15) is 17.7 Å². The molecule has 2 aromatic carbocycles. The Kier molecular flexibility index (Phi) is 4.19. The highest BCUT2D eigenvalue weighted by molar-refractivity contribution is 5.95. The molecule has 3 aromatic rings. The lowest BCUT2D eigenvalue weighted by Crippen LogP contribution is -2.26. The van der Waals surface area contributed by atoms with Gasteiger partial charge in [-0.25, -0.2) is 8.78 Å². The van der Waals surface area contributed by atoms with Gasteiger partial charge in [0.05, 0.1) is 5.69 Å². The Labute approximate surface area is 132 Å². The molecule has 3 nitrogen and oxygen atoms in total. The molecule has 0 saturated carbocycles. The van der Waals surface area contributed by atoms with Gasteiger partial charge in [0.25, 0.3) is 5.91 Å². The van der Waals surface area contributed by atoms with Gasteiger partial charge in [0.2, 0.25) is 0 Å². The van der Waals surface area contributed by atoms with Crippen molar-refractivity contribution in [2.24, 2.45) is 0 Å². The molecular formula is C18H14F2N2O. The van der Waals surface area contributed by atoms with Crippen molar-refractivity contribution in [3.63, 3.8) is 0 Å². The lowest BCUT2D eigenvalue weighted by atomic mass is 10.1. The van der Waals surface area contributed by atoms with Crippen molar-refractivity contribution in [1.82, 2.24) is 4.57 Å². The van der Waals surface area contributed by atoms with Crippen molar-refractivity contribution >= 4 is 11.6 Å². The molecule has 23 heavy (non-hydrogen) atoms. The van der Waals surface area contributed by atoms with Crippen LogP contribution in [0.1, 0.15) is 11.6 Å². The van der Waals surface area contributed by atoms with Gasteiger partial charge >= 0.3 is 0 Å². The smallest absolute Gasteiger partial charge is 0.252 e. The van der Waals surface area contributed by atoms with Crippen LogP contribution in [0.4, 0.5) is 14.5 Å². The first-order chi connectivity index (χ1) is 11.1. The number of aromatic nitrogens is 1. The summed E-state index contributed by atoms with van der Waals surface area (Å²) in [6.07, 6.45) is 3.50. The van der Waals surface area contributed by atoms with Crippen molar-refractivity contribution in [1.29, 1.82) is 0 Å². The second-order valence-electron chi connectivity index (χ2n) is 5.06. The second-order valence-corrected chi connectivity index (χ2v) is 5.06. The number of rotatable bonds is 4. The molecule has 0 saturated heterocycles. The Morgan fingerprint density at radius 3 is 2.35 bits per heavy atom. The number of halogens is 2. The van der Waals surface area contributed by atoms with E-state index in [4.69, 9.17) is 0 Å². The number of nitrogens with one attached hydrogen (secondary N) is 1. The van der Waals surface area contributed by atoms with E-state index < -0.39 is 23.6 Å². The Morgan fingerprint density at radius 2 is 1.65 bits per heavy atom. The number of carbonyl (C=O) groups excluding carboxylic acids is 1. The third-order valence-electron chi connectivity index (χ3n) is 3.48. The minimum Gasteiger partial charge on any atom is -0.338 e. The van der Waals surface area contributed by atoms with Gasteiger partial charge < -0.3 is 9.88 Å². The van der Waals surface area contributed by atoms with Gasteiger partial charge in [-0.15, -0.1) is 0 Å². The fourth-order valence-corrected chi connectivity index (χ4v) is 2.41. The van der Waals surface area contributed by atoms with Crippen LogP contribution < -0.4 is 5.32 Å². The molecule has 1 amide bonds. The van der Waals surface area contributed by atoms with E-state index in [1.165, 1.54) is 0 Å². The predicted octanol–water partition coefficient (Wildman–Crippen LogP) is 3.99. The molecule has 1 atom stereocenters. The van der Waals surface area contributed by atoms with Crippen molar-refractivity contribution in [3.8, 4) is 0 Å². The predicted molar refractivity (Wildman–Crippen MR) is 84.0 cm³/mol. The number of carbonyl (C=O) groups is 1. The molecule has 0 spiro atoms. The lowest BCUT2D eigenvalue weighted by Gasteiger charge is -2.19. The molecule has 0 aliphatic heterocycles. The van der Waals surface area contributed by atoms with Gasteiger partial charge in [0.15, 0.2) is 0 Å². The van der Waals surface area contributed by atoms with Crippen molar-refractivity contribution in [2.45, 2.75) is 6.04 Å². The van der Waals surface area contributed by atoms with E-state index in [0.29, 0.717) is 0 Å². The van der Waals surface area contributed by atoms with Crippen LogP contribution in [0.15, 0.2) is 73.1 Å². The van der Waals surface area contributed by atoms with E-state index in [1.54, 1.807) is 29.1 Å². The molecule has 0 bridgehead atoms. The van der Waals surface area contributed by atoms with Crippen LogP contribution in [0, 0.1) is 11.6 Å². The van der Waals surface area contributed by atoms with E-state index in [0.717, 1.165) is 23.8 Å². The van der Waals surface area contributed by atoms with Crippen LogP contribution in [-0.2, 0) is 4.79 Å². The molecule has 1 aromatic heterocycles. The molecule has 116 valence electrons. The topological polar surface area (TPSA) is 34.0 Å². The first-order valence-electron chi connectivity index (χ1n) is 7.08. The average Bonchev–Trinajstić information content (AvgIpc) is 3.06. The summed E-state index contributed by atoms with van der Waals surface area (Å²) >= 11 is 0. The summed E-state index contributed by atoms with van der Waals surface area (Å²) in [4.78, 5) is 12.7. The molecule has 0 unspecified atom stereocenters. The van der Waals surface area contributed by atoms with Gasteiger partial charge in [-0.1, -0.05) is 30.3 Å². The van der Waals surface area contributed by atoms with E-state index >= 15 is 0 Å². The van der Waals surface area contributed by atoms with Crippen LogP contribution in [0.5, 0.6) is 0 Å². The fraction of sp³-hybridized carbons (Fsp3) is 0.0556. The number of anilines is 1. The summed E-state index contributed by atoms with van der Waals surface area (Å²) in [6, 6.07) is 15.0. The van der Waals surface area contributed by atoms with Crippen molar-refractivity contribution < 1.29 is 13.6 Å².